The second kappa shape index (κ2) is 11.1. The lowest BCUT2D eigenvalue weighted by Crippen LogP contribution is -2.15. The standard InChI is InChI=1S/C50H34N2O/c1-50(2)41-20-9-6-17-36(41)39-25-26-44-48(49(39)50)40-19-7-10-21-43(40)52(44)47-30-35(33-16-12-15-32(27-33)31-13-4-3-5-14-31)28-42(51-47)34-23-24-38-37-18-8-11-22-45(37)53-46(38)29-34/h3-30H,1-2H3. The molecule has 7 aromatic carbocycles. The molecule has 0 fully saturated rings. The average Bonchev–Trinajstić information content (AvgIpc) is 3.83. The van der Waals surface area contributed by atoms with Crippen molar-refractivity contribution in [1.29, 1.82) is 0 Å². The Kier molecular flexibility index (Phi) is 6.30. The van der Waals surface area contributed by atoms with Crippen LogP contribution in [0.4, 0.5) is 0 Å². The lowest BCUT2D eigenvalue weighted by Gasteiger charge is -2.22. The van der Waals surface area contributed by atoms with Crippen LogP contribution in [0.15, 0.2) is 174 Å². The number of para-hydroxylation sites is 2. The average molecular weight is 679 g/mol. The molecule has 1 aliphatic carbocycles. The van der Waals surface area contributed by atoms with Gasteiger partial charge in [0.1, 0.15) is 17.0 Å². The van der Waals surface area contributed by atoms with Crippen molar-refractivity contribution in [3.8, 4) is 50.5 Å². The number of pyridine rings is 1. The van der Waals surface area contributed by atoms with E-state index in [1.54, 1.807) is 0 Å². The summed E-state index contributed by atoms with van der Waals surface area (Å²) in [4.78, 5) is 5.50. The van der Waals surface area contributed by atoms with E-state index in [4.69, 9.17) is 9.40 Å². The highest BCUT2D eigenvalue weighted by Crippen LogP contribution is 2.53. The van der Waals surface area contributed by atoms with Crippen molar-refractivity contribution >= 4 is 43.7 Å². The first-order valence-electron chi connectivity index (χ1n) is 18.3. The SMILES string of the molecule is CC1(C)c2ccccc2-c2ccc3c(c21)c1ccccc1n3-c1cc(-c2cccc(-c3ccccc3)c2)cc(-c2ccc3c(c2)oc2ccccc23)n1. The van der Waals surface area contributed by atoms with Crippen LogP contribution < -0.4 is 0 Å². The molecular formula is C50H34N2O. The molecule has 3 nitrogen and oxygen atoms in total. The van der Waals surface area contributed by atoms with Crippen LogP contribution in [0.1, 0.15) is 25.0 Å². The quantitative estimate of drug-likeness (QED) is 0.185. The summed E-state index contributed by atoms with van der Waals surface area (Å²) in [5.74, 6) is 0.881. The van der Waals surface area contributed by atoms with E-state index >= 15 is 0 Å². The molecule has 0 spiro atoms. The first-order chi connectivity index (χ1) is 26.0. The normalized spacial score (nSPS) is 13.2. The van der Waals surface area contributed by atoms with Gasteiger partial charge in [0.2, 0.25) is 0 Å². The smallest absolute Gasteiger partial charge is 0.138 e. The van der Waals surface area contributed by atoms with E-state index in [-0.39, 0.29) is 5.41 Å². The van der Waals surface area contributed by atoms with Crippen molar-refractivity contribution in [1.82, 2.24) is 9.55 Å². The van der Waals surface area contributed by atoms with Crippen molar-refractivity contribution in [2.24, 2.45) is 0 Å². The molecule has 0 bridgehead atoms. The Morgan fingerprint density at radius 2 is 1.19 bits per heavy atom. The third kappa shape index (κ3) is 4.44. The Morgan fingerprint density at radius 1 is 0.472 bits per heavy atom. The van der Waals surface area contributed by atoms with E-state index in [2.05, 4.69) is 176 Å². The fourth-order valence-corrected chi connectivity index (χ4v) is 8.92. The Bertz CT molecular complexity index is 3090. The number of furan rings is 1. The molecule has 3 heteroatoms. The summed E-state index contributed by atoms with van der Waals surface area (Å²) in [6, 6.07) is 61.0. The van der Waals surface area contributed by atoms with E-state index < -0.39 is 0 Å². The summed E-state index contributed by atoms with van der Waals surface area (Å²) in [5.41, 5.74) is 15.8. The van der Waals surface area contributed by atoms with Crippen molar-refractivity contribution in [2.45, 2.75) is 19.3 Å². The zero-order valence-electron chi connectivity index (χ0n) is 29.5. The van der Waals surface area contributed by atoms with Crippen molar-refractivity contribution in [2.75, 3.05) is 0 Å². The Hall–Kier alpha value is -6.71. The predicted octanol–water partition coefficient (Wildman–Crippen LogP) is 13.4. The molecule has 3 heterocycles. The fraction of sp³-hybridized carbons (Fsp3) is 0.0600. The molecule has 0 saturated heterocycles. The molecule has 0 aliphatic heterocycles. The topological polar surface area (TPSA) is 31.0 Å². The maximum atomic E-state index is 6.37. The molecule has 0 radical (unpaired) electrons. The highest BCUT2D eigenvalue weighted by Gasteiger charge is 2.38. The minimum absolute atomic E-state index is 0.152. The molecule has 0 atom stereocenters. The van der Waals surface area contributed by atoms with Gasteiger partial charge in [-0.1, -0.05) is 135 Å². The second-order valence-electron chi connectivity index (χ2n) is 14.8. The summed E-state index contributed by atoms with van der Waals surface area (Å²) in [7, 11) is 0. The van der Waals surface area contributed by atoms with Gasteiger partial charge < -0.3 is 4.42 Å². The second-order valence-corrected chi connectivity index (χ2v) is 14.8. The van der Waals surface area contributed by atoms with Crippen LogP contribution in [-0.2, 0) is 5.41 Å². The van der Waals surface area contributed by atoms with Gasteiger partial charge in [0.05, 0.1) is 16.7 Å². The maximum Gasteiger partial charge on any atom is 0.138 e. The van der Waals surface area contributed by atoms with Gasteiger partial charge in [0, 0.05) is 32.5 Å². The van der Waals surface area contributed by atoms with Gasteiger partial charge in [0.15, 0.2) is 0 Å². The van der Waals surface area contributed by atoms with Crippen LogP contribution in [0.5, 0.6) is 0 Å². The van der Waals surface area contributed by atoms with Gasteiger partial charge in [0.25, 0.3) is 0 Å². The number of hydrogen-bond acceptors (Lipinski definition) is 2. The number of rotatable bonds is 4. The Balaban J connectivity index is 1.18. The monoisotopic (exact) mass is 678 g/mol. The molecule has 10 aromatic rings. The van der Waals surface area contributed by atoms with Crippen LogP contribution >= 0.6 is 0 Å². The Morgan fingerprint density at radius 3 is 2.08 bits per heavy atom. The summed E-state index contributed by atoms with van der Waals surface area (Å²) in [5, 5.41) is 4.76. The van der Waals surface area contributed by atoms with Crippen LogP contribution in [0.25, 0.3) is 94.2 Å². The van der Waals surface area contributed by atoms with Gasteiger partial charge in [-0.25, -0.2) is 4.98 Å². The number of hydrogen-bond donors (Lipinski definition) is 0. The largest absolute Gasteiger partial charge is 0.456 e. The van der Waals surface area contributed by atoms with E-state index in [9.17, 15) is 0 Å². The third-order valence-electron chi connectivity index (χ3n) is 11.4. The molecule has 53 heavy (non-hydrogen) atoms. The van der Waals surface area contributed by atoms with Gasteiger partial charge in [-0.15, -0.1) is 0 Å². The van der Waals surface area contributed by atoms with E-state index in [1.165, 1.54) is 44.2 Å². The highest BCUT2D eigenvalue weighted by atomic mass is 16.3. The summed E-state index contributed by atoms with van der Waals surface area (Å²) < 4.78 is 8.74. The van der Waals surface area contributed by atoms with Crippen molar-refractivity contribution in [3.05, 3.63) is 181 Å². The van der Waals surface area contributed by atoms with Gasteiger partial charge in [-0.3, -0.25) is 4.57 Å². The predicted molar refractivity (Wildman–Crippen MR) is 220 cm³/mol. The third-order valence-corrected chi connectivity index (χ3v) is 11.4. The zero-order valence-corrected chi connectivity index (χ0v) is 29.5. The molecule has 3 aromatic heterocycles. The molecule has 11 rings (SSSR count). The Labute approximate surface area is 307 Å². The van der Waals surface area contributed by atoms with Gasteiger partial charge in [-0.2, -0.15) is 0 Å². The van der Waals surface area contributed by atoms with Crippen LogP contribution in [0.2, 0.25) is 0 Å². The lowest BCUT2D eigenvalue weighted by atomic mass is 9.80. The van der Waals surface area contributed by atoms with Crippen LogP contribution in [0, 0.1) is 0 Å². The fourth-order valence-electron chi connectivity index (χ4n) is 8.92. The van der Waals surface area contributed by atoms with Crippen molar-refractivity contribution in [3.63, 3.8) is 0 Å². The summed E-state index contributed by atoms with van der Waals surface area (Å²) in [6.07, 6.45) is 0. The maximum absolute atomic E-state index is 6.37. The van der Waals surface area contributed by atoms with E-state index in [0.717, 1.165) is 61.2 Å². The van der Waals surface area contributed by atoms with Gasteiger partial charge in [-0.05, 0) is 93.0 Å². The number of benzene rings is 7. The first-order valence-corrected chi connectivity index (χ1v) is 18.3. The molecule has 250 valence electrons. The first kappa shape index (κ1) is 30.0. The molecule has 1 aliphatic rings. The summed E-state index contributed by atoms with van der Waals surface area (Å²) >= 11 is 0. The minimum atomic E-state index is -0.152. The van der Waals surface area contributed by atoms with Crippen LogP contribution in [0.3, 0.4) is 0 Å². The molecular weight excluding hydrogens is 645 g/mol. The van der Waals surface area contributed by atoms with Gasteiger partial charge >= 0.3 is 0 Å². The van der Waals surface area contributed by atoms with Crippen LogP contribution in [-0.4, -0.2) is 9.55 Å². The molecule has 0 unspecified atom stereocenters. The number of aromatic nitrogens is 2. The number of nitrogens with zero attached hydrogens (tertiary/aromatic N) is 2. The lowest BCUT2D eigenvalue weighted by molar-refractivity contribution is 0.666. The molecule has 0 amide bonds. The summed E-state index contributed by atoms with van der Waals surface area (Å²) in [6.45, 7) is 4.74. The number of fused-ring (bicyclic) bond motifs is 10. The zero-order chi connectivity index (χ0) is 35.3. The highest BCUT2D eigenvalue weighted by molar-refractivity contribution is 6.14. The molecule has 0 saturated carbocycles. The van der Waals surface area contributed by atoms with E-state index in [1.807, 2.05) is 12.1 Å². The molecule has 0 N–H and O–H groups in total. The van der Waals surface area contributed by atoms with E-state index in [0.29, 0.717) is 0 Å². The van der Waals surface area contributed by atoms with Crippen molar-refractivity contribution < 1.29 is 4.42 Å². The minimum Gasteiger partial charge on any atom is -0.456 e.